The van der Waals surface area contributed by atoms with Gasteiger partial charge in [-0.25, -0.2) is 0 Å². The summed E-state index contributed by atoms with van der Waals surface area (Å²) in [6.07, 6.45) is 0. The van der Waals surface area contributed by atoms with Crippen LogP contribution < -0.4 is 5.32 Å². The maximum absolute atomic E-state index is 5.11. The number of aryl methyl sites for hydroxylation is 2. The summed E-state index contributed by atoms with van der Waals surface area (Å²) >= 11 is 0. The fourth-order valence-electron chi connectivity index (χ4n) is 1.41. The van der Waals surface area contributed by atoms with Crippen LogP contribution in [0, 0.1) is 25.7 Å². The highest BCUT2D eigenvalue weighted by Gasteiger charge is 2.10. The number of rotatable bonds is 5. The Hall–Kier alpha value is -0.830. The molecular weight excluding hydrogens is 188 g/mol. The molecule has 1 heterocycles. The van der Waals surface area contributed by atoms with Gasteiger partial charge in [-0.3, -0.25) is 0 Å². The maximum Gasteiger partial charge on any atom is 0.138 e. The predicted octanol–water partition coefficient (Wildman–Crippen LogP) is 2.67. The van der Waals surface area contributed by atoms with Crippen LogP contribution in [0.3, 0.4) is 0 Å². The van der Waals surface area contributed by atoms with E-state index in [4.69, 9.17) is 4.52 Å². The first kappa shape index (κ1) is 12.2. The van der Waals surface area contributed by atoms with Crippen molar-refractivity contribution in [3.05, 3.63) is 17.0 Å². The van der Waals surface area contributed by atoms with Gasteiger partial charge in [0.05, 0.1) is 5.69 Å². The second kappa shape index (κ2) is 5.31. The van der Waals surface area contributed by atoms with Gasteiger partial charge in [0.25, 0.3) is 0 Å². The summed E-state index contributed by atoms with van der Waals surface area (Å²) in [5, 5.41) is 7.38. The van der Waals surface area contributed by atoms with E-state index in [0.717, 1.165) is 30.5 Å². The molecule has 15 heavy (non-hydrogen) atoms. The van der Waals surface area contributed by atoms with Crippen LogP contribution >= 0.6 is 0 Å². The van der Waals surface area contributed by atoms with Crippen LogP contribution in [0.1, 0.15) is 37.8 Å². The Bertz CT molecular complexity index is 285. The number of hydrogen-bond donors (Lipinski definition) is 1. The summed E-state index contributed by atoms with van der Waals surface area (Å²) in [6, 6.07) is 0. The van der Waals surface area contributed by atoms with Crippen molar-refractivity contribution in [3.63, 3.8) is 0 Å². The molecule has 0 fully saturated rings. The van der Waals surface area contributed by atoms with Crippen molar-refractivity contribution in [2.45, 2.75) is 41.2 Å². The molecule has 0 saturated heterocycles. The first-order valence-electron chi connectivity index (χ1n) is 5.64. The van der Waals surface area contributed by atoms with Crippen LogP contribution in [-0.2, 0) is 6.54 Å². The zero-order valence-electron chi connectivity index (χ0n) is 10.4. The van der Waals surface area contributed by atoms with Crippen LogP contribution in [-0.4, -0.2) is 11.7 Å². The third kappa shape index (κ3) is 3.34. The Morgan fingerprint density at radius 3 is 2.40 bits per heavy atom. The number of aromatic nitrogens is 1. The van der Waals surface area contributed by atoms with Crippen molar-refractivity contribution in [1.29, 1.82) is 0 Å². The Morgan fingerprint density at radius 1 is 1.27 bits per heavy atom. The summed E-state index contributed by atoms with van der Waals surface area (Å²) in [7, 11) is 0. The van der Waals surface area contributed by atoms with E-state index in [1.807, 2.05) is 13.8 Å². The Labute approximate surface area is 92.2 Å². The highest BCUT2D eigenvalue weighted by atomic mass is 16.5. The molecule has 1 atom stereocenters. The topological polar surface area (TPSA) is 38.1 Å². The lowest BCUT2D eigenvalue weighted by Crippen LogP contribution is -2.24. The normalized spacial score (nSPS) is 13.5. The van der Waals surface area contributed by atoms with Crippen molar-refractivity contribution in [2.24, 2.45) is 11.8 Å². The van der Waals surface area contributed by atoms with Crippen LogP contribution in [0.15, 0.2) is 4.52 Å². The second-order valence-electron chi connectivity index (χ2n) is 4.65. The lowest BCUT2D eigenvalue weighted by atomic mass is 9.98. The minimum Gasteiger partial charge on any atom is -0.361 e. The third-order valence-electron chi connectivity index (χ3n) is 3.09. The molecule has 3 nitrogen and oxygen atoms in total. The first-order valence-corrected chi connectivity index (χ1v) is 5.64. The molecular formula is C12H22N2O. The van der Waals surface area contributed by atoms with Gasteiger partial charge in [-0.05, 0) is 32.2 Å². The smallest absolute Gasteiger partial charge is 0.138 e. The molecule has 3 heteroatoms. The number of hydrogen-bond acceptors (Lipinski definition) is 3. The highest BCUT2D eigenvalue weighted by molar-refractivity contribution is 5.20. The van der Waals surface area contributed by atoms with Crippen molar-refractivity contribution >= 4 is 0 Å². The Kier molecular flexibility index (Phi) is 4.33. The molecule has 86 valence electrons. The summed E-state index contributed by atoms with van der Waals surface area (Å²) in [6.45, 7) is 12.6. The molecule has 0 saturated carbocycles. The molecule has 1 N–H and O–H groups in total. The average molecular weight is 210 g/mol. The summed E-state index contributed by atoms with van der Waals surface area (Å²) < 4.78 is 5.11. The lowest BCUT2D eigenvalue weighted by molar-refractivity contribution is 0.385. The molecule has 1 unspecified atom stereocenters. The van der Waals surface area contributed by atoms with Crippen molar-refractivity contribution in [1.82, 2.24) is 10.5 Å². The molecule has 0 bridgehead atoms. The minimum atomic E-state index is 0.700. The largest absolute Gasteiger partial charge is 0.361 e. The fourth-order valence-corrected chi connectivity index (χ4v) is 1.41. The SMILES string of the molecule is Cc1noc(C)c1CNCC(C)C(C)C. The summed E-state index contributed by atoms with van der Waals surface area (Å²) in [5.74, 6) is 2.35. The minimum absolute atomic E-state index is 0.700. The maximum atomic E-state index is 5.11. The molecule has 0 spiro atoms. The standard InChI is InChI=1S/C12H22N2O/c1-8(2)9(3)6-13-7-12-10(4)14-15-11(12)5/h8-9,13H,6-7H2,1-5H3. The summed E-state index contributed by atoms with van der Waals surface area (Å²) in [4.78, 5) is 0. The summed E-state index contributed by atoms with van der Waals surface area (Å²) in [5.41, 5.74) is 2.20. The number of nitrogens with one attached hydrogen (secondary N) is 1. The monoisotopic (exact) mass is 210 g/mol. The molecule has 0 aliphatic heterocycles. The van der Waals surface area contributed by atoms with Gasteiger partial charge in [0, 0.05) is 12.1 Å². The molecule has 0 aliphatic carbocycles. The molecule has 0 amide bonds. The van der Waals surface area contributed by atoms with Crippen LogP contribution in [0.5, 0.6) is 0 Å². The second-order valence-corrected chi connectivity index (χ2v) is 4.65. The van der Waals surface area contributed by atoms with Crippen molar-refractivity contribution in [2.75, 3.05) is 6.54 Å². The van der Waals surface area contributed by atoms with E-state index >= 15 is 0 Å². The van der Waals surface area contributed by atoms with Gasteiger partial charge in [-0.15, -0.1) is 0 Å². The number of nitrogens with zero attached hydrogens (tertiary/aromatic N) is 1. The molecule has 1 rings (SSSR count). The van der Waals surface area contributed by atoms with Crippen LogP contribution in [0.2, 0.25) is 0 Å². The van der Waals surface area contributed by atoms with Gasteiger partial charge in [-0.1, -0.05) is 25.9 Å². The molecule has 0 aromatic carbocycles. The van der Waals surface area contributed by atoms with E-state index in [2.05, 4.69) is 31.2 Å². The van der Waals surface area contributed by atoms with E-state index in [1.165, 1.54) is 5.56 Å². The molecule has 0 radical (unpaired) electrons. The van der Waals surface area contributed by atoms with Gasteiger partial charge in [-0.2, -0.15) is 0 Å². The zero-order valence-corrected chi connectivity index (χ0v) is 10.4. The van der Waals surface area contributed by atoms with Gasteiger partial charge >= 0.3 is 0 Å². The molecule has 1 aromatic heterocycles. The van der Waals surface area contributed by atoms with E-state index in [1.54, 1.807) is 0 Å². The van der Waals surface area contributed by atoms with Gasteiger partial charge < -0.3 is 9.84 Å². The first-order chi connectivity index (χ1) is 7.02. The van der Waals surface area contributed by atoms with Crippen molar-refractivity contribution < 1.29 is 4.52 Å². The predicted molar refractivity (Wildman–Crippen MR) is 61.7 cm³/mol. The Balaban J connectivity index is 2.38. The van der Waals surface area contributed by atoms with E-state index < -0.39 is 0 Å². The molecule has 1 aromatic rings. The fraction of sp³-hybridized carbons (Fsp3) is 0.750. The van der Waals surface area contributed by atoms with Crippen LogP contribution in [0.25, 0.3) is 0 Å². The van der Waals surface area contributed by atoms with Crippen LogP contribution in [0.4, 0.5) is 0 Å². The van der Waals surface area contributed by atoms with E-state index in [-0.39, 0.29) is 0 Å². The Morgan fingerprint density at radius 2 is 1.93 bits per heavy atom. The third-order valence-corrected chi connectivity index (χ3v) is 3.09. The van der Waals surface area contributed by atoms with Gasteiger partial charge in [0.1, 0.15) is 5.76 Å². The van der Waals surface area contributed by atoms with E-state index in [0.29, 0.717) is 5.92 Å². The van der Waals surface area contributed by atoms with Gasteiger partial charge in [0.2, 0.25) is 0 Å². The average Bonchev–Trinajstić information content (AvgIpc) is 2.48. The lowest BCUT2D eigenvalue weighted by Gasteiger charge is -2.15. The molecule has 0 aliphatic rings. The van der Waals surface area contributed by atoms with Crippen molar-refractivity contribution in [3.8, 4) is 0 Å². The highest BCUT2D eigenvalue weighted by Crippen LogP contribution is 2.12. The van der Waals surface area contributed by atoms with Gasteiger partial charge in [0.15, 0.2) is 0 Å². The zero-order chi connectivity index (χ0) is 11.4. The quantitative estimate of drug-likeness (QED) is 0.812. The van der Waals surface area contributed by atoms with E-state index in [9.17, 15) is 0 Å².